The highest BCUT2D eigenvalue weighted by Crippen LogP contribution is 1.95. The highest BCUT2D eigenvalue weighted by atomic mass is 15.2. The second-order valence-corrected chi connectivity index (χ2v) is 1.72. The summed E-state index contributed by atoms with van der Waals surface area (Å²) < 4.78 is 1.72. The number of aromatic nitrogens is 3. The minimum absolute atomic E-state index is 0.970. The molecule has 0 fully saturated rings. The van der Waals surface area contributed by atoms with E-state index in [2.05, 4.69) is 16.1 Å². The van der Waals surface area contributed by atoms with E-state index in [4.69, 9.17) is 0 Å². The van der Waals surface area contributed by atoms with Gasteiger partial charge < -0.3 is 0 Å². The van der Waals surface area contributed by atoms with Gasteiger partial charge in [0.15, 0.2) is 0 Å². The van der Waals surface area contributed by atoms with Crippen LogP contribution in [0.15, 0.2) is 24.8 Å². The Hall–Kier alpha value is -1.38. The van der Waals surface area contributed by atoms with Gasteiger partial charge >= 0.3 is 0 Å². The third-order valence-electron chi connectivity index (χ3n) is 1.14. The van der Waals surface area contributed by atoms with Gasteiger partial charge in [0, 0.05) is 12.3 Å². The molecule has 2 heterocycles. The van der Waals surface area contributed by atoms with Crippen LogP contribution in [0.4, 0.5) is 0 Å². The van der Waals surface area contributed by atoms with Crippen molar-refractivity contribution in [3.63, 3.8) is 0 Å². The highest BCUT2D eigenvalue weighted by Gasteiger charge is 1.86. The van der Waals surface area contributed by atoms with Crippen LogP contribution in [0.5, 0.6) is 0 Å². The second-order valence-electron chi connectivity index (χ2n) is 1.72. The van der Waals surface area contributed by atoms with Crippen LogP contribution in [-0.4, -0.2) is 14.6 Å². The minimum atomic E-state index is 0.970. The molecule has 0 saturated carbocycles. The van der Waals surface area contributed by atoms with Crippen molar-refractivity contribution in [3.8, 4) is 0 Å². The zero-order valence-corrected chi connectivity index (χ0v) is 4.65. The Labute approximate surface area is 52.0 Å². The molecule has 0 aromatic carbocycles. The van der Waals surface area contributed by atoms with Gasteiger partial charge in [-0.15, -0.1) is 0 Å². The van der Waals surface area contributed by atoms with Crippen LogP contribution in [0.3, 0.4) is 0 Å². The SMILES string of the molecule is [c]1cc2cncnn2c1. The summed E-state index contributed by atoms with van der Waals surface area (Å²) in [7, 11) is 0. The molecular weight excluding hydrogens is 114 g/mol. The summed E-state index contributed by atoms with van der Waals surface area (Å²) >= 11 is 0. The first kappa shape index (κ1) is 4.49. The Morgan fingerprint density at radius 2 is 2.56 bits per heavy atom. The van der Waals surface area contributed by atoms with E-state index in [1.165, 1.54) is 6.33 Å². The monoisotopic (exact) mass is 118 g/mol. The molecule has 0 amide bonds. The summed E-state index contributed by atoms with van der Waals surface area (Å²) in [5.41, 5.74) is 0.970. The first-order chi connectivity index (χ1) is 4.47. The Morgan fingerprint density at radius 1 is 1.56 bits per heavy atom. The molecule has 0 aliphatic rings. The van der Waals surface area contributed by atoms with Gasteiger partial charge in [-0.1, -0.05) is 0 Å². The maximum absolute atomic E-state index is 3.92. The zero-order valence-electron chi connectivity index (χ0n) is 4.65. The Kier molecular flexibility index (Phi) is 0.773. The summed E-state index contributed by atoms with van der Waals surface area (Å²) in [5, 5.41) is 3.92. The number of hydrogen-bond donors (Lipinski definition) is 0. The van der Waals surface area contributed by atoms with E-state index in [1.807, 2.05) is 6.07 Å². The summed E-state index contributed by atoms with van der Waals surface area (Å²) in [5.74, 6) is 0. The topological polar surface area (TPSA) is 30.2 Å². The second kappa shape index (κ2) is 1.55. The fourth-order valence-corrected chi connectivity index (χ4v) is 0.725. The summed E-state index contributed by atoms with van der Waals surface area (Å²) in [6.07, 6.45) is 5.00. The fraction of sp³-hybridized carbons (Fsp3) is 0. The molecule has 3 heteroatoms. The van der Waals surface area contributed by atoms with E-state index in [-0.39, 0.29) is 0 Å². The molecule has 3 nitrogen and oxygen atoms in total. The molecule has 2 aromatic heterocycles. The molecule has 0 saturated heterocycles. The van der Waals surface area contributed by atoms with E-state index < -0.39 is 0 Å². The van der Waals surface area contributed by atoms with E-state index in [9.17, 15) is 0 Å². The van der Waals surface area contributed by atoms with Crippen molar-refractivity contribution >= 4 is 5.52 Å². The molecule has 0 aliphatic carbocycles. The lowest BCUT2D eigenvalue weighted by Crippen LogP contribution is -1.87. The fourth-order valence-electron chi connectivity index (χ4n) is 0.725. The van der Waals surface area contributed by atoms with Crippen molar-refractivity contribution in [2.75, 3.05) is 0 Å². The van der Waals surface area contributed by atoms with Crippen LogP contribution in [0.25, 0.3) is 5.52 Å². The quantitative estimate of drug-likeness (QED) is 0.505. The lowest BCUT2D eigenvalue weighted by atomic mass is 10.5. The van der Waals surface area contributed by atoms with Gasteiger partial charge in [0.25, 0.3) is 0 Å². The summed E-state index contributed by atoms with van der Waals surface area (Å²) in [6.45, 7) is 0. The largest absolute Gasteiger partial charge is 0.241 e. The molecule has 2 aromatic rings. The van der Waals surface area contributed by atoms with E-state index in [0.29, 0.717) is 0 Å². The van der Waals surface area contributed by atoms with Crippen LogP contribution in [0.2, 0.25) is 0 Å². The van der Waals surface area contributed by atoms with Crippen LogP contribution in [0.1, 0.15) is 0 Å². The number of fused-ring (bicyclic) bond motifs is 1. The molecule has 2 rings (SSSR count). The molecule has 9 heavy (non-hydrogen) atoms. The van der Waals surface area contributed by atoms with Crippen molar-refractivity contribution in [3.05, 3.63) is 30.9 Å². The zero-order chi connectivity index (χ0) is 6.10. The Bertz CT molecular complexity index is 282. The summed E-state index contributed by atoms with van der Waals surface area (Å²) in [4.78, 5) is 3.83. The van der Waals surface area contributed by atoms with Crippen LogP contribution >= 0.6 is 0 Å². The van der Waals surface area contributed by atoms with Gasteiger partial charge in [-0.3, -0.25) is 0 Å². The highest BCUT2D eigenvalue weighted by molar-refractivity contribution is 5.42. The van der Waals surface area contributed by atoms with Gasteiger partial charge in [0.05, 0.1) is 11.7 Å². The van der Waals surface area contributed by atoms with Crippen molar-refractivity contribution in [1.29, 1.82) is 0 Å². The third kappa shape index (κ3) is 0.579. The van der Waals surface area contributed by atoms with Gasteiger partial charge in [-0.05, 0) is 6.07 Å². The lowest BCUT2D eigenvalue weighted by Gasteiger charge is -1.86. The molecule has 0 spiro atoms. The van der Waals surface area contributed by atoms with E-state index >= 15 is 0 Å². The van der Waals surface area contributed by atoms with Crippen LogP contribution < -0.4 is 0 Å². The van der Waals surface area contributed by atoms with Gasteiger partial charge in [-0.25, -0.2) is 9.50 Å². The van der Waals surface area contributed by atoms with Crippen molar-refractivity contribution in [2.24, 2.45) is 0 Å². The number of hydrogen-bond acceptors (Lipinski definition) is 2. The van der Waals surface area contributed by atoms with E-state index in [1.54, 1.807) is 16.9 Å². The van der Waals surface area contributed by atoms with Crippen molar-refractivity contribution in [1.82, 2.24) is 14.6 Å². The van der Waals surface area contributed by atoms with Gasteiger partial charge in [-0.2, -0.15) is 5.10 Å². The molecule has 0 atom stereocenters. The first-order valence-electron chi connectivity index (χ1n) is 2.61. The Balaban J connectivity index is 2.95. The van der Waals surface area contributed by atoms with Crippen molar-refractivity contribution in [2.45, 2.75) is 0 Å². The molecular formula is C6H4N3. The molecule has 43 valence electrons. The molecule has 0 bridgehead atoms. The van der Waals surface area contributed by atoms with Crippen LogP contribution in [-0.2, 0) is 0 Å². The maximum atomic E-state index is 3.92. The smallest absolute Gasteiger partial charge is 0.136 e. The van der Waals surface area contributed by atoms with Gasteiger partial charge in [0.2, 0.25) is 0 Å². The average Bonchev–Trinajstić information content (AvgIpc) is 2.33. The standard InChI is InChI=1S/C6H4N3/c1-2-6-4-7-5-8-9(6)3-1/h2-5H. The normalized spacial score (nSPS) is 10.2. The van der Waals surface area contributed by atoms with Crippen LogP contribution in [0, 0.1) is 6.07 Å². The number of rotatable bonds is 0. The average molecular weight is 118 g/mol. The maximum Gasteiger partial charge on any atom is 0.136 e. The first-order valence-corrected chi connectivity index (χ1v) is 2.61. The minimum Gasteiger partial charge on any atom is -0.241 e. The Morgan fingerprint density at radius 3 is 3.44 bits per heavy atom. The molecule has 1 radical (unpaired) electrons. The number of nitrogens with zero attached hydrogens (tertiary/aromatic N) is 3. The molecule has 0 N–H and O–H groups in total. The predicted octanol–water partition coefficient (Wildman–Crippen LogP) is 0.529. The molecule has 0 aliphatic heterocycles. The predicted molar refractivity (Wildman–Crippen MR) is 31.8 cm³/mol. The van der Waals surface area contributed by atoms with Gasteiger partial charge in [0.1, 0.15) is 6.33 Å². The third-order valence-corrected chi connectivity index (χ3v) is 1.14. The molecule has 0 unspecified atom stereocenters. The lowest BCUT2D eigenvalue weighted by molar-refractivity contribution is 0.903. The van der Waals surface area contributed by atoms with Crippen molar-refractivity contribution < 1.29 is 0 Å². The van der Waals surface area contributed by atoms with E-state index in [0.717, 1.165) is 5.52 Å². The summed E-state index contributed by atoms with van der Waals surface area (Å²) in [6, 6.07) is 4.73.